The van der Waals surface area contributed by atoms with Crippen LogP contribution in [0.4, 0.5) is 0 Å². The van der Waals surface area contributed by atoms with Crippen LogP contribution in [0.3, 0.4) is 0 Å². The van der Waals surface area contributed by atoms with Crippen molar-refractivity contribution in [2.24, 2.45) is 5.73 Å². The predicted octanol–water partition coefficient (Wildman–Crippen LogP) is 3.94. The first-order valence-electron chi connectivity index (χ1n) is 6.76. The van der Waals surface area contributed by atoms with Gasteiger partial charge in [0.05, 0.1) is 0 Å². The minimum Gasteiger partial charge on any atom is -0.327 e. The molecule has 1 atom stereocenters. The van der Waals surface area contributed by atoms with Crippen LogP contribution in [-0.4, -0.2) is 6.04 Å². The molecule has 19 heavy (non-hydrogen) atoms. The lowest BCUT2D eigenvalue weighted by atomic mass is 9.85. The molecule has 1 unspecified atom stereocenters. The molecule has 0 aromatic heterocycles. The monoisotopic (exact) mass is 271 g/mol. The molecule has 0 heterocycles. The van der Waals surface area contributed by atoms with E-state index in [1.165, 1.54) is 24.0 Å². The Balaban J connectivity index is 1.79. The molecule has 1 aliphatic carbocycles. The molecule has 0 spiro atoms. The van der Waals surface area contributed by atoms with Crippen molar-refractivity contribution in [1.82, 2.24) is 0 Å². The van der Waals surface area contributed by atoms with E-state index in [4.69, 9.17) is 17.3 Å². The molecule has 1 nitrogen and oxygen atoms in total. The minimum absolute atomic E-state index is 0.161. The van der Waals surface area contributed by atoms with Gasteiger partial charge in [0.1, 0.15) is 0 Å². The maximum Gasteiger partial charge on any atom is 0.0408 e. The molecule has 0 radical (unpaired) electrons. The molecule has 1 saturated carbocycles. The summed E-state index contributed by atoms with van der Waals surface area (Å²) in [5.74, 6) is 0. The summed E-state index contributed by atoms with van der Waals surface area (Å²) in [6.07, 6.45) is 3.27. The van der Waals surface area contributed by atoms with Gasteiger partial charge >= 0.3 is 0 Å². The van der Waals surface area contributed by atoms with E-state index in [2.05, 4.69) is 36.4 Å². The molecule has 1 aliphatic rings. The second-order valence-electron chi connectivity index (χ2n) is 5.46. The summed E-state index contributed by atoms with van der Waals surface area (Å²) in [6, 6.07) is 18.8. The highest BCUT2D eigenvalue weighted by Crippen LogP contribution is 2.50. The Hall–Kier alpha value is -1.31. The van der Waals surface area contributed by atoms with Crippen molar-refractivity contribution < 1.29 is 0 Å². The lowest BCUT2D eigenvalue weighted by molar-refractivity contribution is 0.514. The second-order valence-corrected chi connectivity index (χ2v) is 5.90. The Morgan fingerprint density at radius 3 is 2.42 bits per heavy atom. The van der Waals surface area contributed by atoms with E-state index in [1.54, 1.807) is 0 Å². The first-order chi connectivity index (χ1) is 9.21. The van der Waals surface area contributed by atoms with Crippen LogP contribution in [0.1, 0.15) is 24.0 Å². The Morgan fingerprint density at radius 1 is 1.05 bits per heavy atom. The predicted molar refractivity (Wildman–Crippen MR) is 80.5 cm³/mol. The van der Waals surface area contributed by atoms with E-state index in [9.17, 15) is 0 Å². The zero-order chi connectivity index (χ0) is 13.3. The van der Waals surface area contributed by atoms with Crippen molar-refractivity contribution in [2.75, 3.05) is 0 Å². The summed E-state index contributed by atoms with van der Waals surface area (Å²) in [4.78, 5) is 0. The average molecular weight is 272 g/mol. The van der Waals surface area contributed by atoms with Gasteiger partial charge in [-0.15, -0.1) is 0 Å². The molecule has 2 heteroatoms. The number of nitrogens with two attached hydrogens (primary N) is 1. The van der Waals surface area contributed by atoms with Crippen LogP contribution < -0.4 is 5.73 Å². The molecule has 2 aromatic carbocycles. The van der Waals surface area contributed by atoms with Crippen LogP contribution in [0, 0.1) is 0 Å². The molecule has 2 N–H and O–H groups in total. The van der Waals surface area contributed by atoms with Crippen molar-refractivity contribution in [3.05, 3.63) is 70.7 Å². The van der Waals surface area contributed by atoms with Crippen LogP contribution >= 0.6 is 11.6 Å². The molecule has 98 valence electrons. The fourth-order valence-corrected chi connectivity index (χ4v) is 3.10. The quantitative estimate of drug-likeness (QED) is 0.896. The number of rotatable bonds is 4. The van der Waals surface area contributed by atoms with Gasteiger partial charge in [-0.25, -0.2) is 0 Å². The summed E-state index contributed by atoms with van der Waals surface area (Å²) in [5, 5.41) is 0.786. The zero-order valence-electron chi connectivity index (χ0n) is 10.9. The highest BCUT2D eigenvalue weighted by molar-refractivity contribution is 6.30. The molecular formula is C17H18ClN. The SMILES string of the molecule is NC(Cc1cccc(Cl)c1)C1(c2ccccc2)CC1. The van der Waals surface area contributed by atoms with Crippen molar-refractivity contribution in [3.63, 3.8) is 0 Å². The fourth-order valence-electron chi connectivity index (χ4n) is 2.89. The molecule has 3 rings (SSSR count). The third-order valence-corrected chi connectivity index (χ3v) is 4.43. The maximum atomic E-state index is 6.49. The number of halogens is 1. The highest BCUT2D eigenvalue weighted by atomic mass is 35.5. The molecule has 0 bridgehead atoms. The summed E-state index contributed by atoms with van der Waals surface area (Å²) in [5.41, 5.74) is 9.27. The van der Waals surface area contributed by atoms with Crippen molar-refractivity contribution in [1.29, 1.82) is 0 Å². The number of benzene rings is 2. The molecular weight excluding hydrogens is 254 g/mol. The molecule has 0 amide bonds. The molecule has 0 aliphatic heterocycles. The van der Waals surface area contributed by atoms with Crippen molar-refractivity contribution in [3.8, 4) is 0 Å². The summed E-state index contributed by atoms with van der Waals surface area (Å²) in [7, 11) is 0. The van der Waals surface area contributed by atoms with Crippen molar-refractivity contribution >= 4 is 11.6 Å². The van der Waals surface area contributed by atoms with Crippen LogP contribution in [-0.2, 0) is 11.8 Å². The van der Waals surface area contributed by atoms with Gasteiger partial charge in [0.15, 0.2) is 0 Å². The fraction of sp³-hybridized carbons (Fsp3) is 0.294. The summed E-state index contributed by atoms with van der Waals surface area (Å²) < 4.78 is 0. The first-order valence-corrected chi connectivity index (χ1v) is 7.14. The van der Waals surface area contributed by atoms with E-state index >= 15 is 0 Å². The van der Waals surface area contributed by atoms with E-state index in [0.717, 1.165) is 11.4 Å². The van der Waals surface area contributed by atoms with Gasteiger partial charge in [0.25, 0.3) is 0 Å². The van der Waals surface area contributed by atoms with Gasteiger partial charge in [-0.05, 0) is 42.5 Å². The Labute approximate surface area is 119 Å². The first kappa shape index (κ1) is 12.7. The third kappa shape index (κ3) is 2.54. The summed E-state index contributed by atoms with van der Waals surface area (Å²) >= 11 is 6.03. The van der Waals surface area contributed by atoms with Crippen LogP contribution in [0.5, 0.6) is 0 Å². The van der Waals surface area contributed by atoms with Crippen LogP contribution in [0.25, 0.3) is 0 Å². The highest BCUT2D eigenvalue weighted by Gasteiger charge is 2.48. The molecule has 0 saturated heterocycles. The average Bonchev–Trinajstić information content (AvgIpc) is 3.21. The molecule has 2 aromatic rings. The van der Waals surface area contributed by atoms with Crippen LogP contribution in [0.15, 0.2) is 54.6 Å². The third-order valence-electron chi connectivity index (χ3n) is 4.19. The van der Waals surface area contributed by atoms with Crippen molar-refractivity contribution in [2.45, 2.75) is 30.7 Å². The lowest BCUT2D eigenvalue weighted by Crippen LogP contribution is -2.36. The lowest BCUT2D eigenvalue weighted by Gasteiger charge is -2.24. The van der Waals surface area contributed by atoms with Crippen LogP contribution in [0.2, 0.25) is 5.02 Å². The summed E-state index contributed by atoms with van der Waals surface area (Å²) in [6.45, 7) is 0. The zero-order valence-corrected chi connectivity index (χ0v) is 11.6. The second kappa shape index (κ2) is 4.99. The van der Waals surface area contributed by atoms with E-state index in [0.29, 0.717) is 0 Å². The standard InChI is InChI=1S/C17H18ClN/c18-15-8-4-5-13(11-15)12-16(19)17(9-10-17)14-6-2-1-3-7-14/h1-8,11,16H,9-10,12,19H2. The topological polar surface area (TPSA) is 26.0 Å². The molecule has 1 fully saturated rings. The van der Waals surface area contributed by atoms with Gasteiger partial charge in [0.2, 0.25) is 0 Å². The largest absolute Gasteiger partial charge is 0.327 e. The van der Waals surface area contributed by atoms with Gasteiger partial charge in [-0.2, -0.15) is 0 Å². The van der Waals surface area contributed by atoms with Gasteiger partial charge in [0, 0.05) is 16.5 Å². The van der Waals surface area contributed by atoms with Gasteiger partial charge in [-0.3, -0.25) is 0 Å². The number of hydrogen-bond donors (Lipinski definition) is 1. The maximum absolute atomic E-state index is 6.49. The van der Waals surface area contributed by atoms with E-state index < -0.39 is 0 Å². The van der Waals surface area contributed by atoms with E-state index in [1.807, 2.05) is 18.2 Å². The van der Waals surface area contributed by atoms with Gasteiger partial charge in [-0.1, -0.05) is 54.1 Å². The minimum atomic E-state index is 0.161. The van der Waals surface area contributed by atoms with Gasteiger partial charge < -0.3 is 5.73 Å². The smallest absolute Gasteiger partial charge is 0.0408 e. The van der Waals surface area contributed by atoms with E-state index in [-0.39, 0.29) is 11.5 Å². The Bertz CT molecular complexity index is 560. The normalized spacial score (nSPS) is 18.0. The Kier molecular flexibility index (Phi) is 3.34. The Morgan fingerprint density at radius 2 is 1.79 bits per heavy atom. The number of hydrogen-bond acceptors (Lipinski definition) is 1.